The predicted octanol–water partition coefficient (Wildman–Crippen LogP) is 1.03. The van der Waals surface area contributed by atoms with Gasteiger partial charge >= 0.3 is 0 Å². The Bertz CT molecular complexity index is 361. The van der Waals surface area contributed by atoms with Crippen LogP contribution in [0.1, 0.15) is 32.1 Å². The molecule has 0 saturated heterocycles. The molecule has 2 saturated carbocycles. The van der Waals surface area contributed by atoms with E-state index in [4.69, 9.17) is 15.7 Å². The molecule has 0 aromatic carbocycles. The van der Waals surface area contributed by atoms with Crippen LogP contribution in [0.2, 0.25) is 0 Å². The molecule has 6 heteroatoms. The Hall–Kier alpha value is -1.30. The first kappa shape index (κ1) is 15.1. The molecular formula is C14H25N3O3. The van der Waals surface area contributed by atoms with Crippen LogP contribution < -0.4 is 5.73 Å². The molecule has 2 aliphatic rings. The van der Waals surface area contributed by atoms with Gasteiger partial charge in [0.05, 0.1) is 6.61 Å². The summed E-state index contributed by atoms with van der Waals surface area (Å²) >= 11 is 0. The summed E-state index contributed by atoms with van der Waals surface area (Å²) in [4.78, 5) is 14.4. The molecule has 0 spiro atoms. The van der Waals surface area contributed by atoms with Crippen molar-refractivity contribution in [1.29, 1.82) is 0 Å². The zero-order chi connectivity index (χ0) is 14.5. The number of rotatable bonds is 7. The zero-order valence-electron chi connectivity index (χ0n) is 12.1. The molecule has 6 nitrogen and oxygen atoms in total. The number of fused-ring (bicyclic) bond motifs is 1. The highest BCUT2D eigenvalue weighted by molar-refractivity contribution is 5.84. The van der Waals surface area contributed by atoms with Crippen LogP contribution in [0.5, 0.6) is 0 Å². The number of hydrogen-bond acceptors (Lipinski definition) is 4. The second kappa shape index (κ2) is 6.92. The van der Waals surface area contributed by atoms with Crippen LogP contribution in [-0.2, 0) is 9.53 Å². The maximum atomic E-state index is 12.6. The number of oxime groups is 1. The molecule has 0 heterocycles. The summed E-state index contributed by atoms with van der Waals surface area (Å²) in [7, 11) is 1.63. The second-order valence-electron chi connectivity index (χ2n) is 5.80. The first-order valence-corrected chi connectivity index (χ1v) is 7.43. The van der Waals surface area contributed by atoms with E-state index in [1.165, 1.54) is 25.7 Å². The minimum Gasteiger partial charge on any atom is -0.409 e. The van der Waals surface area contributed by atoms with Crippen molar-refractivity contribution < 1.29 is 14.7 Å². The van der Waals surface area contributed by atoms with Gasteiger partial charge in [-0.05, 0) is 24.7 Å². The number of nitrogens with two attached hydrogens (primary N) is 1. The highest BCUT2D eigenvalue weighted by Crippen LogP contribution is 2.56. The van der Waals surface area contributed by atoms with Gasteiger partial charge in [0.15, 0.2) is 0 Å². The topological polar surface area (TPSA) is 88.2 Å². The summed E-state index contributed by atoms with van der Waals surface area (Å²) in [5.74, 6) is 1.80. The molecule has 20 heavy (non-hydrogen) atoms. The Morgan fingerprint density at radius 3 is 2.55 bits per heavy atom. The standard InChI is InChI=1S/C14H25N3O3/c1-20-9-8-17(7-6-12(15)16-19)14(18)13-10-4-2-3-5-11(10)13/h10-11,13,19H,2-9H2,1H3,(H2,15,16). The number of carbonyl (C=O) groups excluding carboxylic acids is 1. The molecular weight excluding hydrogens is 258 g/mol. The van der Waals surface area contributed by atoms with Crippen molar-refractivity contribution in [1.82, 2.24) is 4.90 Å². The average molecular weight is 283 g/mol. The maximum absolute atomic E-state index is 12.6. The molecule has 2 rings (SSSR count). The Labute approximate surface area is 119 Å². The van der Waals surface area contributed by atoms with Gasteiger partial charge in [-0.25, -0.2) is 0 Å². The first-order valence-electron chi connectivity index (χ1n) is 7.43. The van der Waals surface area contributed by atoms with Gasteiger partial charge in [0.25, 0.3) is 0 Å². The molecule has 0 aromatic heterocycles. The minimum absolute atomic E-state index is 0.161. The van der Waals surface area contributed by atoms with Crippen LogP contribution in [0.25, 0.3) is 0 Å². The number of hydrogen-bond donors (Lipinski definition) is 2. The van der Waals surface area contributed by atoms with E-state index in [1.54, 1.807) is 7.11 Å². The first-order chi connectivity index (χ1) is 9.69. The van der Waals surface area contributed by atoms with Gasteiger partial charge in [-0.2, -0.15) is 0 Å². The van der Waals surface area contributed by atoms with E-state index in [1.807, 2.05) is 4.90 Å². The van der Waals surface area contributed by atoms with Crippen molar-refractivity contribution in [2.24, 2.45) is 28.6 Å². The normalized spacial score (nSPS) is 28.9. The summed E-state index contributed by atoms with van der Waals surface area (Å²) in [5, 5.41) is 11.5. The van der Waals surface area contributed by atoms with E-state index >= 15 is 0 Å². The van der Waals surface area contributed by atoms with Crippen LogP contribution >= 0.6 is 0 Å². The molecule has 2 unspecified atom stereocenters. The SMILES string of the molecule is COCCN(CCC(N)=NO)C(=O)C1C2CCCCC21. The lowest BCUT2D eigenvalue weighted by Gasteiger charge is -2.22. The quantitative estimate of drug-likeness (QED) is 0.316. The van der Waals surface area contributed by atoms with Gasteiger partial charge in [0.1, 0.15) is 5.84 Å². The molecule has 2 aliphatic carbocycles. The summed E-state index contributed by atoms with van der Waals surface area (Å²) < 4.78 is 5.07. The van der Waals surface area contributed by atoms with Gasteiger partial charge < -0.3 is 20.6 Å². The van der Waals surface area contributed by atoms with Crippen LogP contribution in [0.3, 0.4) is 0 Å². The smallest absolute Gasteiger partial charge is 0.226 e. The molecule has 3 N–H and O–H groups in total. The molecule has 0 aliphatic heterocycles. The van der Waals surface area contributed by atoms with Crippen LogP contribution in [0.15, 0.2) is 5.16 Å². The van der Waals surface area contributed by atoms with E-state index in [-0.39, 0.29) is 17.7 Å². The molecule has 0 radical (unpaired) electrons. The zero-order valence-corrected chi connectivity index (χ0v) is 12.1. The summed E-state index contributed by atoms with van der Waals surface area (Å²) in [5.41, 5.74) is 5.49. The third-order valence-electron chi connectivity index (χ3n) is 4.58. The van der Waals surface area contributed by atoms with E-state index < -0.39 is 0 Å². The van der Waals surface area contributed by atoms with Crippen molar-refractivity contribution in [3.63, 3.8) is 0 Å². The molecule has 0 bridgehead atoms. The Balaban J connectivity index is 1.90. The molecule has 2 atom stereocenters. The predicted molar refractivity (Wildman–Crippen MR) is 75.4 cm³/mol. The molecule has 0 aromatic rings. The van der Waals surface area contributed by atoms with Crippen molar-refractivity contribution in [3.05, 3.63) is 0 Å². The lowest BCUT2D eigenvalue weighted by molar-refractivity contribution is -0.133. The van der Waals surface area contributed by atoms with Crippen molar-refractivity contribution in [3.8, 4) is 0 Å². The second-order valence-corrected chi connectivity index (χ2v) is 5.80. The van der Waals surface area contributed by atoms with Crippen LogP contribution in [-0.4, -0.2) is 48.7 Å². The van der Waals surface area contributed by atoms with Crippen LogP contribution in [0.4, 0.5) is 0 Å². The summed E-state index contributed by atoms with van der Waals surface area (Å²) in [6.07, 6.45) is 5.30. The number of amides is 1. The Morgan fingerprint density at radius 1 is 1.35 bits per heavy atom. The Morgan fingerprint density at radius 2 is 2.00 bits per heavy atom. The monoisotopic (exact) mass is 283 g/mol. The van der Waals surface area contributed by atoms with Crippen molar-refractivity contribution in [2.75, 3.05) is 26.8 Å². The number of nitrogens with zero attached hydrogens (tertiary/aromatic N) is 2. The van der Waals surface area contributed by atoms with Crippen molar-refractivity contribution in [2.45, 2.75) is 32.1 Å². The van der Waals surface area contributed by atoms with Crippen molar-refractivity contribution >= 4 is 11.7 Å². The van der Waals surface area contributed by atoms with Gasteiger partial charge in [0.2, 0.25) is 5.91 Å². The number of ether oxygens (including phenoxy) is 1. The third-order valence-corrected chi connectivity index (χ3v) is 4.58. The summed E-state index contributed by atoms with van der Waals surface area (Å²) in [6.45, 7) is 1.59. The summed E-state index contributed by atoms with van der Waals surface area (Å²) in [6, 6.07) is 0. The Kier molecular flexibility index (Phi) is 5.23. The highest BCUT2D eigenvalue weighted by atomic mass is 16.5. The molecule has 114 valence electrons. The van der Waals surface area contributed by atoms with Crippen LogP contribution in [0, 0.1) is 17.8 Å². The fourth-order valence-electron chi connectivity index (χ4n) is 3.40. The van der Waals surface area contributed by atoms with E-state index in [2.05, 4.69) is 5.16 Å². The van der Waals surface area contributed by atoms with E-state index in [0.29, 0.717) is 38.0 Å². The maximum Gasteiger partial charge on any atom is 0.226 e. The average Bonchev–Trinajstić information content (AvgIpc) is 3.20. The fourth-order valence-corrected chi connectivity index (χ4v) is 3.40. The van der Waals surface area contributed by atoms with E-state index in [0.717, 1.165) is 0 Å². The highest BCUT2D eigenvalue weighted by Gasteiger charge is 2.55. The minimum atomic E-state index is 0.161. The fraction of sp³-hybridized carbons (Fsp3) is 0.857. The lowest BCUT2D eigenvalue weighted by Crippen LogP contribution is -2.38. The van der Waals surface area contributed by atoms with Gasteiger partial charge in [-0.15, -0.1) is 0 Å². The molecule has 1 amide bonds. The van der Waals surface area contributed by atoms with E-state index in [9.17, 15) is 4.79 Å². The number of amidine groups is 1. The lowest BCUT2D eigenvalue weighted by atomic mass is 10.0. The largest absolute Gasteiger partial charge is 0.409 e. The number of carbonyl (C=O) groups is 1. The molecule has 2 fully saturated rings. The van der Waals surface area contributed by atoms with Gasteiger partial charge in [0, 0.05) is 32.5 Å². The van der Waals surface area contributed by atoms with Gasteiger partial charge in [-0.1, -0.05) is 18.0 Å². The number of methoxy groups -OCH3 is 1. The third kappa shape index (κ3) is 3.42. The van der Waals surface area contributed by atoms with Gasteiger partial charge in [-0.3, -0.25) is 4.79 Å².